The summed E-state index contributed by atoms with van der Waals surface area (Å²) in [5.74, 6) is -0.337. The zero-order chi connectivity index (χ0) is 19.3. The molecule has 2 amide bonds. The molecule has 1 aliphatic rings. The van der Waals surface area contributed by atoms with Crippen LogP contribution in [0.3, 0.4) is 0 Å². The summed E-state index contributed by atoms with van der Waals surface area (Å²) >= 11 is 3.03. The predicted molar refractivity (Wildman–Crippen MR) is 117 cm³/mol. The number of benzene rings is 2. The Morgan fingerprint density at radius 1 is 1.11 bits per heavy atom. The maximum Gasteiger partial charge on any atom is 0.240 e. The summed E-state index contributed by atoms with van der Waals surface area (Å²) in [6, 6.07) is 17.9. The molecule has 0 spiro atoms. The molecule has 0 bridgehead atoms. The Morgan fingerprint density at radius 2 is 1.96 bits per heavy atom. The number of aliphatic imine (C=N–C) groups is 1. The number of hydrogen-bond donors (Lipinski definition) is 2. The Kier molecular flexibility index (Phi) is 5.73. The topological polar surface area (TPSA) is 70.6 Å². The third-order valence-electron chi connectivity index (χ3n) is 4.37. The number of nitrogens with one attached hydrogen (secondary N) is 2. The number of hydrogen-bond acceptors (Lipinski definition) is 5. The van der Waals surface area contributed by atoms with Gasteiger partial charge >= 0.3 is 0 Å². The molecule has 7 heteroatoms. The van der Waals surface area contributed by atoms with Crippen molar-refractivity contribution in [1.29, 1.82) is 0 Å². The standard InChI is InChI=1S/C21H19N3O2S2/c25-19(23-16-8-7-14-4-1-2-5-15(14)12-16)13-18-20(26)24-21(28-18)22-10-9-17-6-3-11-27-17/h1-8,11-12,18H,9-10,13H2,(H,23,25)(H,22,24,26). The Balaban J connectivity index is 1.31. The van der Waals surface area contributed by atoms with Gasteiger partial charge in [-0.25, -0.2) is 0 Å². The van der Waals surface area contributed by atoms with Gasteiger partial charge in [0.15, 0.2) is 5.17 Å². The highest BCUT2D eigenvalue weighted by Gasteiger charge is 2.31. The number of carbonyl (C=O) groups is 2. The second-order valence-electron chi connectivity index (χ2n) is 6.43. The van der Waals surface area contributed by atoms with Crippen LogP contribution in [0, 0.1) is 0 Å². The van der Waals surface area contributed by atoms with Crippen molar-refractivity contribution in [3.05, 3.63) is 64.9 Å². The van der Waals surface area contributed by atoms with Crippen LogP contribution in [-0.2, 0) is 16.0 Å². The number of thiophene rings is 1. The van der Waals surface area contributed by atoms with Gasteiger partial charge in [-0.1, -0.05) is 48.2 Å². The first-order chi connectivity index (χ1) is 13.7. The summed E-state index contributed by atoms with van der Waals surface area (Å²) in [4.78, 5) is 30.2. The Morgan fingerprint density at radius 3 is 2.79 bits per heavy atom. The molecule has 5 nitrogen and oxygen atoms in total. The van der Waals surface area contributed by atoms with Crippen LogP contribution in [0.15, 0.2) is 65.0 Å². The highest BCUT2D eigenvalue weighted by molar-refractivity contribution is 8.15. The van der Waals surface area contributed by atoms with Crippen LogP contribution < -0.4 is 10.6 Å². The molecule has 2 heterocycles. The lowest BCUT2D eigenvalue weighted by atomic mass is 10.1. The highest BCUT2D eigenvalue weighted by Crippen LogP contribution is 2.24. The fourth-order valence-corrected chi connectivity index (χ4v) is 4.68. The number of anilines is 1. The molecule has 0 radical (unpaired) electrons. The summed E-state index contributed by atoms with van der Waals surface area (Å²) in [7, 11) is 0. The highest BCUT2D eigenvalue weighted by atomic mass is 32.2. The number of amidine groups is 1. The van der Waals surface area contributed by atoms with Crippen LogP contribution in [0.2, 0.25) is 0 Å². The SMILES string of the molecule is O=C(CC1SC(=NCCc2cccs2)NC1=O)Nc1ccc2ccccc2c1. The van der Waals surface area contributed by atoms with E-state index in [0.717, 1.165) is 22.9 Å². The molecule has 1 unspecified atom stereocenters. The monoisotopic (exact) mass is 409 g/mol. The summed E-state index contributed by atoms with van der Waals surface area (Å²) < 4.78 is 0. The van der Waals surface area contributed by atoms with Crippen LogP contribution in [0.25, 0.3) is 10.8 Å². The van der Waals surface area contributed by atoms with Crippen molar-refractivity contribution < 1.29 is 9.59 Å². The minimum Gasteiger partial charge on any atom is -0.326 e. The zero-order valence-corrected chi connectivity index (χ0v) is 16.7. The number of fused-ring (bicyclic) bond motifs is 1. The van der Waals surface area contributed by atoms with Crippen LogP contribution in [0.4, 0.5) is 5.69 Å². The van der Waals surface area contributed by atoms with Crippen LogP contribution in [-0.4, -0.2) is 28.8 Å². The van der Waals surface area contributed by atoms with Gasteiger partial charge in [0.25, 0.3) is 0 Å². The molecule has 1 aromatic heterocycles. The Hall–Kier alpha value is -2.64. The molecule has 2 N–H and O–H groups in total. The van der Waals surface area contributed by atoms with E-state index in [2.05, 4.69) is 21.7 Å². The summed E-state index contributed by atoms with van der Waals surface area (Å²) in [5, 5.41) is 10.0. The Labute approximate surface area is 171 Å². The van der Waals surface area contributed by atoms with E-state index in [1.807, 2.05) is 53.9 Å². The number of amides is 2. The van der Waals surface area contributed by atoms with Crippen molar-refractivity contribution in [2.24, 2.45) is 4.99 Å². The minimum atomic E-state index is -0.444. The third kappa shape index (κ3) is 4.61. The van der Waals surface area contributed by atoms with Crippen molar-refractivity contribution in [3.8, 4) is 0 Å². The molecule has 28 heavy (non-hydrogen) atoms. The number of nitrogens with zero attached hydrogens (tertiary/aromatic N) is 1. The van der Waals surface area contributed by atoms with Crippen molar-refractivity contribution in [2.75, 3.05) is 11.9 Å². The number of thioether (sulfide) groups is 1. The molecule has 1 aliphatic heterocycles. The van der Waals surface area contributed by atoms with Gasteiger partial charge in [-0.05, 0) is 34.4 Å². The zero-order valence-electron chi connectivity index (χ0n) is 15.1. The first-order valence-electron chi connectivity index (χ1n) is 9.00. The van der Waals surface area contributed by atoms with Crippen molar-refractivity contribution in [3.63, 3.8) is 0 Å². The molecule has 142 valence electrons. The lowest BCUT2D eigenvalue weighted by Crippen LogP contribution is -2.28. The van der Waals surface area contributed by atoms with Crippen molar-refractivity contribution in [2.45, 2.75) is 18.1 Å². The molecular formula is C21H19N3O2S2. The van der Waals surface area contributed by atoms with Gasteiger partial charge in [0.05, 0.1) is 0 Å². The van der Waals surface area contributed by atoms with Gasteiger partial charge in [0.1, 0.15) is 5.25 Å². The maximum atomic E-state index is 12.4. The predicted octanol–water partition coefficient (Wildman–Crippen LogP) is 4.06. The van der Waals surface area contributed by atoms with E-state index in [-0.39, 0.29) is 18.2 Å². The van der Waals surface area contributed by atoms with Crippen LogP contribution in [0.5, 0.6) is 0 Å². The fraction of sp³-hybridized carbons (Fsp3) is 0.190. The average Bonchev–Trinajstić information content (AvgIpc) is 3.32. The van der Waals surface area contributed by atoms with E-state index in [1.54, 1.807) is 11.3 Å². The third-order valence-corrected chi connectivity index (χ3v) is 6.43. The number of rotatable bonds is 6. The first kappa shape index (κ1) is 18.7. The molecule has 1 fully saturated rings. The van der Waals surface area contributed by atoms with Gasteiger partial charge in [0, 0.05) is 30.0 Å². The normalized spacial score (nSPS) is 17.8. The summed E-state index contributed by atoms with van der Waals surface area (Å²) in [5.41, 5.74) is 0.733. The molecule has 0 saturated carbocycles. The smallest absolute Gasteiger partial charge is 0.240 e. The van der Waals surface area contributed by atoms with Crippen LogP contribution >= 0.6 is 23.1 Å². The first-order valence-corrected chi connectivity index (χ1v) is 10.8. The van der Waals surface area contributed by atoms with Gasteiger partial charge in [0.2, 0.25) is 11.8 Å². The van der Waals surface area contributed by atoms with Gasteiger partial charge in [-0.3, -0.25) is 14.6 Å². The average molecular weight is 410 g/mol. The maximum absolute atomic E-state index is 12.4. The fourth-order valence-electron chi connectivity index (χ4n) is 2.98. The van der Waals surface area contributed by atoms with E-state index < -0.39 is 5.25 Å². The van der Waals surface area contributed by atoms with Gasteiger partial charge in [-0.15, -0.1) is 11.3 Å². The van der Waals surface area contributed by atoms with Crippen molar-refractivity contribution >= 4 is 56.5 Å². The largest absolute Gasteiger partial charge is 0.326 e. The molecule has 1 atom stereocenters. The van der Waals surface area contributed by atoms with Crippen molar-refractivity contribution in [1.82, 2.24) is 5.32 Å². The molecule has 0 aliphatic carbocycles. The van der Waals surface area contributed by atoms with Gasteiger partial charge < -0.3 is 10.6 Å². The lowest BCUT2D eigenvalue weighted by Gasteiger charge is -2.08. The lowest BCUT2D eigenvalue weighted by molar-refractivity contribution is -0.122. The quantitative estimate of drug-likeness (QED) is 0.645. The van der Waals surface area contributed by atoms with E-state index in [1.165, 1.54) is 16.6 Å². The molecule has 1 saturated heterocycles. The summed E-state index contributed by atoms with van der Waals surface area (Å²) in [6.45, 7) is 0.624. The second-order valence-corrected chi connectivity index (χ2v) is 8.65. The van der Waals surface area contributed by atoms with E-state index in [4.69, 9.17) is 0 Å². The van der Waals surface area contributed by atoms with E-state index >= 15 is 0 Å². The summed E-state index contributed by atoms with van der Waals surface area (Å²) in [6.07, 6.45) is 0.970. The molecule has 4 rings (SSSR count). The van der Waals surface area contributed by atoms with E-state index in [9.17, 15) is 9.59 Å². The van der Waals surface area contributed by atoms with Gasteiger partial charge in [-0.2, -0.15) is 0 Å². The second kappa shape index (κ2) is 8.58. The minimum absolute atomic E-state index is 0.118. The molecular weight excluding hydrogens is 390 g/mol. The molecule has 2 aromatic carbocycles. The Bertz CT molecular complexity index is 1030. The van der Waals surface area contributed by atoms with Crippen LogP contribution in [0.1, 0.15) is 11.3 Å². The number of carbonyl (C=O) groups excluding carboxylic acids is 2. The molecule has 3 aromatic rings. The van der Waals surface area contributed by atoms with E-state index in [0.29, 0.717) is 11.7 Å².